The first-order valence-corrected chi connectivity index (χ1v) is 10.6. The molecule has 3 heterocycles. The minimum Gasteiger partial charge on any atom is -0.378 e. The molecule has 0 aliphatic carbocycles. The zero-order valence-corrected chi connectivity index (χ0v) is 18.5. The summed E-state index contributed by atoms with van der Waals surface area (Å²) in [6.07, 6.45) is 1.74. The number of benzene rings is 2. The zero-order valence-electron chi connectivity index (χ0n) is 17.0. The van der Waals surface area contributed by atoms with Gasteiger partial charge in [0.15, 0.2) is 11.2 Å². The highest BCUT2D eigenvalue weighted by molar-refractivity contribution is 6.30. The molecule has 0 N–H and O–H groups in total. The molecule has 160 valence electrons. The van der Waals surface area contributed by atoms with Crippen molar-refractivity contribution in [2.75, 3.05) is 7.11 Å². The monoisotopic (exact) mass is 465 g/mol. The Bertz CT molecular complexity index is 1490. The standard InChI is InChI=1S/C23H17Cl2N5O2/c1-32-13-18-20(15-4-8-17(25)9-5-15)22-27-26-21-19(30(22)28-18)10-11-29(23(21)31)12-14-2-6-16(24)7-3-14/h2-11H,12-13H2,1H3. The van der Waals surface area contributed by atoms with E-state index in [1.165, 1.54) is 0 Å². The van der Waals surface area contributed by atoms with Crippen molar-refractivity contribution < 1.29 is 4.74 Å². The molecule has 0 saturated carbocycles. The van der Waals surface area contributed by atoms with E-state index in [0.29, 0.717) is 33.4 Å². The molecule has 0 radical (unpaired) electrons. The Morgan fingerprint density at radius 2 is 1.62 bits per heavy atom. The van der Waals surface area contributed by atoms with Crippen LogP contribution in [0.3, 0.4) is 0 Å². The first-order chi connectivity index (χ1) is 15.5. The van der Waals surface area contributed by atoms with Gasteiger partial charge in [-0.25, -0.2) is 4.52 Å². The summed E-state index contributed by atoms with van der Waals surface area (Å²) in [7, 11) is 1.61. The Kier molecular flexibility index (Phi) is 5.38. The topological polar surface area (TPSA) is 74.3 Å². The van der Waals surface area contributed by atoms with Crippen molar-refractivity contribution in [2.24, 2.45) is 0 Å². The van der Waals surface area contributed by atoms with E-state index in [1.807, 2.05) is 30.3 Å². The van der Waals surface area contributed by atoms with Crippen LogP contribution in [0.2, 0.25) is 10.0 Å². The Morgan fingerprint density at radius 3 is 2.31 bits per heavy atom. The summed E-state index contributed by atoms with van der Waals surface area (Å²) in [4.78, 5) is 13.1. The van der Waals surface area contributed by atoms with E-state index < -0.39 is 0 Å². The van der Waals surface area contributed by atoms with Crippen LogP contribution in [0.4, 0.5) is 0 Å². The average molecular weight is 466 g/mol. The summed E-state index contributed by atoms with van der Waals surface area (Å²) in [5, 5.41) is 14.6. The smallest absolute Gasteiger partial charge is 0.280 e. The molecule has 0 aliphatic rings. The van der Waals surface area contributed by atoms with Gasteiger partial charge in [-0.3, -0.25) is 4.79 Å². The fourth-order valence-corrected chi connectivity index (χ4v) is 3.94. The first kappa shape index (κ1) is 20.6. The number of rotatable bonds is 5. The van der Waals surface area contributed by atoms with Crippen molar-refractivity contribution in [1.29, 1.82) is 0 Å². The quantitative estimate of drug-likeness (QED) is 0.378. The fourth-order valence-electron chi connectivity index (χ4n) is 3.69. The lowest BCUT2D eigenvalue weighted by Gasteiger charge is -2.08. The predicted octanol–water partition coefficient (Wildman–Crippen LogP) is 4.61. The fraction of sp³-hybridized carbons (Fsp3) is 0.130. The van der Waals surface area contributed by atoms with Crippen LogP contribution >= 0.6 is 23.2 Å². The van der Waals surface area contributed by atoms with Gasteiger partial charge in [0.25, 0.3) is 5.56 Å². The Morgan fingerprint density at radius 1 is 0.938 bits per heavy atom. The van der Waals surface area contributed by atoms with Gasteiger partial charge in [-0.1, -0.05) is 47.5 Å². The molecule has 2 aromatic carbocycles. The van der Waals surface area contributed by atoms with Gasteiger partial charge < -0.3 is 9.30 Å². The zero-order chi connectivity index (χ0) is 22.2. The van der Waals surface area contributed by atoms with E-state index in [-0.39, 0.29) is 17.7 Å². The van der Waals surface area contributed by atoms with Crippen LogP contribution in [-0.2, 0) is 17.9 Å². The van der Waals surface area contributed by atoms with Crippen molar-refractivity contribution in [3.05, 3.63) is 92.5 Å². The minimum absolute atomic E-state index is 0.239. The normalized spacial score (nSPS) is 11.5. The number of pyridine rings is 1. The maximum Gasteiger partial charge on any atom is 0.280 e. The van der Waals surface area contributed by atoms with E-state index in [1.54, 1.807) is 46.7 Å². The third-order valence-corrected chi connectivity index (χ3v) is 5.71. The van der Waals surface area contributed by atoms with E-state index in [0.717, 1.165) is 16.7 Å². The van der Waals surface area contributed by atoms with Crippen LogP contribution in [0, 0.1) is 0 Å². The molecule has 0 saturated heterocycles. The van der Waals surface area contributed by atoms with E-state index in [4.69, 9.17) is 27.9 Å². The maximum atomic E-state index is 13.1. The lowest BCUT2D eigenvalue weighted by atomic mass is 10.1. The number of ether oxygens (including phenoxy) is 1. The molecule has 7 nitrogen and oxygen atoms in total. The van der Waals surface area contributed by atoms with Crippen molar-refractivity contribution in [1.82, 2.24) is 24.4 Å². The molecule has 9 heteroatoms. The number of aromatic nitrogens is 5. The molecule has 0 spiro atoms. The van der Waals surface area contributed by atoms with Crippen molar-refractivity contribution in [2.45, 2.75) is 13.2 Å². The molecule has 0 atom stereocenters. The number of methoxy groups -OCH3 is 1. The molecule has 3 aromatic heterocycles. The van der Waals surface area contributed by atoms with E-state index in [2.05, 4.69) is 15.3 Å². The first-order valence-electron chi connectivity index (χ1n) is 9.82. The molecule has 5 rings (SSSR count). The van der Waals surface area contributed by atoms with Crippen LogP contribution < -0.4 is 5.56 Å². The largest absolute Gasteiger partial charge is 0.378 e. The summed E-state index contributed by atoms with van der Waals surface area (Å²) in [6, 6.07) is 16.6. The number of fused-ring (bicyclic) bond motifs is 3. The molecular formula is C23H17Cl2N5O2. The van der Waals surface area contributed by atoms with Crippen molar-refractivity contribution in [3.8, 4) is 11.1 Å². The Balaban J connectivity index is 1.67. The number of hydrogen-bond acceptors (Lipinski definition) is 5. The second kappa shape index (κ2) is 8.35. The van der Waals surface area contributed by atoms with Gasteiger partial charge in [-0.05, 0) is 41.5 Å². The summed E-state index contributed by atoms with van der Waals surface area (Å²) < 4.78 is 8.58. The Labute approximate surface area is 192 Å². The molecule has 32 heavy (non-hydrogen) atoms. The number of halogens is 2. The molecule has 0 unspecified atom stereocenters. The van der Waals surface area contributed by atoms with Gasteiger partial charge in [0.05, 0.1) is 24.4 Å². The van der Waals surface area contributed by atoms with Gasteiger partial charge in [0, 0.05) is 23.4 Å². The summed E-state index contributed by atoms with van der Waals surface area (Å²) >= 11 is 12.0. The second-order valence-electron chi connectivity index (χ2n) is 7.31. The maximum absolute atomic E-state index is 13.1. The van der Waals surface area contributed by atoms with Gasteiger partial charge in [0.1, 0.15) is 5.52 Å². The lowest BCUT2D eigenvalue weighted by molar-refractivity contribution is 0.181. The number of nitrogens with zero attached hydrogens (tertiary/aromatic N) is 5. The molecule has 0 bridgehead atoms. The lowest BCUT2D eigenvalue weighted by Crippen LogP contribution is -2.22. The van der Waals surface area contributed by atoms with Crippen LogP contribution in [0.15, 0.2) is 65.6 Å². The van der Waals surface area contributed by atoms with Crippen LogP contribution in [0.1, 0.15) is 11.3 Å². The third kappa shape index (κ3) is 3.64. The summed E-state index contributed by atoms with van der Waals surface area (Å²) in [5.41, 5.74) is 4.45. The van der Waals surface area contributed by atoms with Crippen molar-refractivity contribution in [3.63, 3.8) is 0 Å². The average Bonchev–Trinajstić information content (AvgIpc) is 3.16. The molecule has 5 aromatic rings. The molecule has 0 amide bonds. The predicted molar refractivity (Wildman–Crippen MR) is 124 cm³/mol. The van der Waals surface area contributed by atoms with Crippen LogP contribution in [-0.4, -0.2) is 31.5 Å². The molecular weight excluding hydrogens is 449 g/mol. The van der Waals surface area contributed by atoms with Crippen LogP contribution in [0.25, 0.3) is 27.8 Å². The van der Waals surface area contributed by atoms with Crippen molar-refractivity contribution >= 4 is 39.9 Å². The van der Waals surface area contributed by atoms with E-state index >= 15 is 0 Å². The third-order valence-electron chi connectivity index (χ3n) is 5.20. The highest BCUT2D eigenvalue weighted by Gasteiger charge is 2.19. The van der Waals surface area contributed by atoms with Gasteiger partial charge in [0.2, 0.25) is 0 Å². The van der Waals surface area contributed by atoms with Crippen LogP contribution in [0.5, 0.6) is 0 Å². The minimum atomic E-state index is -0.247. The Hall–Kier alpha value is -3.26. The van der Waals surface area contributed by atoms with Gasteiger partial charge in [-0.15, -0.1) is 10.2 Å². The SMILES string of the molecule is COCc1nn2c(nnc3c(=O)n(Cc4ccc(Cl)cc4)ccc32)c1-c1ccc(Cl)cc1. The van der Waals surface area contributed by atoms with Gasteiger partial charge >= 0.3 is 0 Å². The van der Waals surface area contributed by atoms with Gasteiger partial charge in [-0.2, -0.15) is 5.10 Å². The number of hydrogen-bond donors (Lipinski definition) is 0. The summed E-state index contributed by atoms with van der Waals surface area (Å²) in [6.45, 7) is 0.687. The van der Waals surface area contributed by atoms with E-state index in [9.17, 15) is 4.79 Å². The highest BCUT2D eigenvalue weighted by Crippen LogP contribution is 2.30. The summed E-state index contributed by atoms with van der Waals surface area (Å²) in [5.74, 6) is 0. The molecule has 0 aliphatic heterocycles. The second-order valence-corrected chi connectivity index (χ2v) is 8.18. The highest BCUT2D eigenvalue weighted by atomic mass is 35.5. The molecule has 0 fully saturated rings.